The third-order valence-corrected chi connectivity index (χ3v) is 5.98. The van der Waals surface area contributed by atoms with Crippen LogP contribution in [0.1, 0.15) is 16.3 Å². The van der Waals surface area contributed by atoms with Crippen molar-refractivity contribution in [1.29, 1.82) is 0 Å². The minimum atomic E-state index is 0.119. The number of aromatic nitrogens is 2. The van der Waals surface area contributed by atoms with E-state index in [2.05, 4.69) is 22.4 Å². The first kappa shape index (κ1) is 19.0. The van der Waals surface area contributed by atoms with Gasteiger partial charge in [0, 0.05) is 31.3 Å². The van der Waals surface area contributed by atoms with Crippen LogP contribution in [-0.2, 0) is 13.0 Å². The highest BCUT2D eigenvalue weighted by Gasteiger charge is 2.13. The molecule has 0 unspecified atom stereocenters. The second-order valence-corrected chi connectivity index (χ2v) is 7.93. The summed E-state index contributed by atoms with van der Waals surface area (Å²) in [5.41, 5.74) is 5.02. The van der Waals surface area contributed by atoms with Crippen LogP contribution in [0.15, 0.2) is 60.8 Å². The summed E-state index contributed by atoms with van der Waals surface area (Å²) in [6, 6.07) is 18.3. The molecule has 2 aromatic heterocycles. The number of aliphatic hydroxyl groups excluding tert-OH is 1. The summed E-state index contributed by atoms with van der Waals surface area (Å²) in [6.45, 7) is 1.32. The average Bonchev–Trinajstić information content (AvgIpc) is 3.14. The minimum Gasteiger partial charge on any atom is -0.395 e. The molecule has 2 heterocycles. The lowest BCUT2D eigenvalue weighted by molar-refractivity contribution is 0.292. The van der Waals surface area contributed by atoms with Gasteiger partial charge in [0.05, 0.1) is 22.0 Å². The number of rotatable bonds is 7. The second kappa shape index (κ2) is 8.80. The van der Waals surface area contributed by atoms with Crippen molar-refractivity contribution in [1.82, 2.24) is 15.3 Å². The van der Waals surface area contributed by atoms with Crippen molar-refractivity contribution in [3.05, 3.63) is 82.1 Å². The maximum atomic E-state index is 8.92. The molecule has 0 aliphatic rings. The second-order valence-electron chi connectivity index (χ2n) is 6.43. The molecule has 6 heteroatoms. The summed E-state index contributed by atoms with van der Waals surface area (Å²) in [5, 5.41) is 13.8. The van der Waals surface area contributed by atoms with Crippen molar-refractivity contribution < 1.29 is 5.11 Å². The number of hydrogen-bond acceptors (Lipinski definition) is 5. The van der Waals surface area contributed by atoms with E-state index in [1.165, 1.54) is 0 Å². The molecule has 4 rings (SSSR count). The molecule has 4 aromatic rings. The van der Waals surface area contributed by atoms with Gasteiger partial charge in [0.15, 0.2) is 0 Å². The predicted octanol–water partition coefficient (Wildman–Crippen LogP) is 4.68. The lowest BCUT2D eigenvalue weighted by Gasteiger charge is -2.10. The van der Waals surface area contributed by atoms with Crippen LogP contribution >= 0.6 is 22.9 Å². The molecule has 2 N–H and O–H groups in total. The summed E-state index contributed by atoms with van der Waals surface area (Å²) in [4.78, 5) is 9.34. The molecule has 0 fully saturated rings. The number of thiazole rings is 1. The quantitative estimate of drug-likeness (QED) is 0.435. The number of benzene rings is 2. The van der Waals surface area contributed by atoms with E-state index in [1.54, 1.807) is 11.3 Å². The van der Waals surface area contributed by atoms with Gasteiger partial charge in [-0.1, -0.05) is 60.1 Å². The van der Waals surface area contributed by atoms with Crippen molar-refractivity contribution in [2.45, 2.75) is 13.0 Å². The zero-order chi connectivity index (χ0) is 19.3. The van der Waals surface area contributed by atoms with Crippen LogP contribution in [0.25, 0.3) is 21.3 Å². The molecule has 0 aliphatic heterocycles. The van der Waals surface area contributed by atoms with Crippen LogP contribution in [0, 0.1) is 0 Å². The third-order valence-electron chi connectivity index (χ3n) is 4.51. The fourth-order valence-corrected chi connectivity index (χ4v) is 4.43. The van der Waals surface area contributed by atoms with Gasteiger partial charge in [-0.15, -0.1) is 11.3 Å². The average molecular weight is 410 g/mol. The molecule has 2 aromatic carbocycles. The summed E-state index contributed by atoms with van der Waals surface area (Å²) < 4.78 is 1.11. The SMILES string of the molecule is OCCNCc1nc2c(Cc3cccc(-c4ccccc4)c3Cl)nccc2s1. The van der Waals surface area contributed by atoms with E-state index in [0.29, 0.717) is 19.5 Å². The number of nitrogens with zero attached hydrogens (tertiary/aromatic N) is 2. The Kier molecular flexibility index (Phi) is 5.98. The molecule has 142 valence electrons. The van der Waals surface area contributed by atoms with Crippen molar-refractivity contribution in [2.24, 2.45) is 0 Å². The van der Waals surface area contributed by atoms with Crippen molar-refractivity contribution in [3.8, 4) is 11.1 Å². The molecule has 0 aliphatic carbocycles. The monoisotopic (exact) mass is 409 g/mol. The molecule has 0 atom stereocenters. The number of aliphatic hydroxyl groups is 1. The van der Waals surface area contributed by atoms with Crippen LogP contribution in [0.4, 0.5) is 0 Å². The lowest BCUT2D eigenvalue weighted by Crippen LogP contribution is -2.17. The van der Waals surface area contributed by atoms with Crippen molar-refractivity contribution in [2.75, 3.05) is 13.2 Å². The van der Waals surface area contributed by atoms with E-state index in [-0.39, 0.29) is 6.61 Å². The number of fused-ring (bicyclic) bond motifs is 1. The van der Waals surface area contributed by atoms with E-state index in [9.17, 15) is 0 Å². The number of halogens is 1. The Labute approximate surface area is 172 Å². The number of nitrogens with one attached hydrogen (secondary N) is 1. The summed E-state index contributed by atoms with van der Waals surface area (Å²) in [6.07, 6.45) is 2.46. The fourth-order valence-electron chi connectivity index (χ4n) is 3.17. The Morgan fingerprint density at radius 3 is 2.71 bits per heavy atom. The largest absolute Gasteiger partial charge is 0.395 e. The molecular formula is C22H20ClN3OS. The van der Waals surface area contributed by atoms with Gasteiger partial charge < -0.3 is 10.4 Å². The van der Waals surface area contributed by atoms with E-state index < -0.39 is 0 Å². The van der Waals surface area contributed by atoms with Gasteiger partial charge in [-0.3, -0.25) is 4.98 Å². The van der Waals surface area contributed by atoms with Crippen LogP contribution in [0.5, 0.6) is 0 Å². The zero-order valence-corrected chi connectivity index (χ0v) is 16.8. The lowest BCUT2D eigenvalue weighted by atomic mass is 10.0. The topological polar surface area (TPSA) is 58.0 Å². The van der Waals surface area contributed by atoms with Gasteiger partial charge in [0.25, 0.3) is 0 Å². The van der Waals surface area contributed by atoms with Gasteiger partial charge in [-0.25, -0.2) is 4.98 Å². The molecule has 4 nitrogen and oxygen atoms in total. The Balaban J connectivity index is 1.65. The molecule has 28 heavy (non-hydrogen) atoms. The van der Waals surface area contributed by atoms with Gasteiger partial charge in [0.2, 0.25) is 0 Å². The molecule has 0 bridgehead atoms. The van der Waals surface area contributed by atoms with Crippen LogP contribution in [-0.4, -0.2) is 28.2 Å². The highest BCUT2D eigenvalue weighted by Crippen LogP contribution is 2.33. The highest BCUT2D eigenvalue weighted by molar-refractivity contribution is 7.18. The van der Waals surface area contributed by atoms with E-state index >= 15 is 0 Å². The van der Waals surface area contributed by atoms with Gasteiger partial charge in [0.1, 0.15) is 10.5 Å². The molecular weight excluding hydrogens is 390 g/mol. The van der Waals surface area contributed by atoms with Crippen LogP contribution in [0.2, 0.25) is 5.02 Å². The number of pyridine rings is 1. The van der Waals surface area contributed by atoms with Crippen molar-refractivity contribution in [3.63, 3.8) is 0 Å². The maximum Gasteiger partial charge on any atom is 0.108 e. The molecule has 0 spiro atoms. The normalized spacial score (nSPS) is 11.2. The third kappa shape index (κ3) is 4.08. The zero-order valence-electron chi connectivity index (χ0n) is 15.2. The summed E-state index contributed by atoms with van der Waals surface area (Å²) in [5.74, 6) is 0. The molecule has 0 amide bonds. The maximum absolute atomic E-state index is 8.92. The van der Waals surface area contributed by atoms with E-state index in [4.69, 9.17) is 21.7 Å². The Morgan fingerprint density at radius 2 is 1.89 bits per heavy atom. The van der Waals surface area contributed by atoms with E-state index in [0.717, 1.165) is 42.6 Å². The molecule has 0 radical (unpaired) electrons. The minimum absolute atomic E-state index is 0.119. The van der Waals surface area contributed by atoms with Crippen LogP contribution in [0.3, 0.4) is 0 Å². The molecule has 0 saturated carbocycles. The van der Waals surface area contributed by atoms with Gasteiger partial charge in [-0.05, 0) is 17.2 Å². The highest BCUT2D eigenvalue weighted by atomic mass is 35.5. The summed E-state index contributed by atoms with van der Waals surface area (Å²) in [7, 11) is 0. The van der Waals surface area contributed by atoms with Crippen molar-refractivity contribution >= 4 is 33.2 Å². The van der Waals surface area contributed by atoms with Gasteiger partial charge in [-0.2, -0.15) is 0 Å². The van der Waals surface area contributed by atoms with Gasteiger partial charge >= 0.3 is 0 Å². The Hall–Kier alpha value is -2.31. The first-order valence-electron chi connectivity index (χ1n) is 9.14. The smallest absolute Gasteiger partial charge is 0.108 e. The first-order chi connectivity index (χ1) is 13.8. The Morgan fingerprint density at radius 1 is 1.04 bits per heavy atom. The predicted molar refractivity (Wildman–Crippen MR) is 116 cm³/mol. The first-order valence-corrected chi connectivity index (χ1v) is 10.3. The number of hydrogen-bond donors (Lipinski definition) is 2. The molecule has 0 saturated heterocycles. The standard InChI is InChI=1S/C22H20ClN3OS/c23-21-16(7-4-8-17(21)15-5-2-1-3-6-15)13-18-22-19(9-10-25-18)28-20(26-22)14-24-11-12-27/h1-10,24,27H,11-14H2. The van der Waals surface area contributed by atoms with Crippen LogP contribution < -0.4 is 5.32 Å². The Bertz CT molecular complexity index is 1080. The fraction of sp³-hybridized carbons (Fsp3) is 0.182. The summed E-state index contributed by atoms with van der Waals surface area (Å²) >= 11 is 8.40. The van der Waals surface area contributed by atoms with E-state index in [1.807, 2.05) is 48.7 Å².